The van der Waals surface area contributed by atoms with Gasteiger partial charge in [-0.15, -0.1) is 0 Å². The van der Waals surface area contributed by atoms with E-state index in [9.17, 15) is 9.18 Å². The average Bonchev–Trinajstić information content (AvgIpc) is 2.37. The Morgan fingerprint density at radius 3 is 2.67 bits per heavy atom. The van der Waals surface area contributed by atoms with Gasteiger partial charge in [-0.3, -0.25) is 9.69 Å². The zero-order valence-corrected chi connectivity index (χ0v) is 11.4. The SMILES string of the molecule is CCC(C)CN(CC)CC(=O)c1cccc(F)c1. The van der Waals surface area contributed by atoms with Crippen LogP contribution in [0.3, 0.4) is 0 Å². The van der Waals surface area contributed by atoms with Gasteiger partial charge in [-0.1, -0.05) is 39.3 Å². The van der Waals surface area contributed by atoms with Gasteiger partial charge in [0.05, 0.1) is 6.54 Å². The first-order valence-electron chi connectivity index (χ1n) is 6.57. The van der Waals surface area contributed by atoms with E-state index in [0.717, 1.165) is 19.5 Å². The molecule has 0 aliphatic rings. The van der Waals surface area contributed by atoms with Crippen LogP contribution in [0.15, 0.2) is 24.3 Å². The molecular weight excluding hydrogens is 229 g/mol. The molecule has 1 unspecified atom stereocenters. The molecule has 18 heavy (non-hydrogen) atoms. The molecule has 0 amide bonds. The summed E-state index contributed by atoms with van der Waals surface area (Å²) in [4.78, 5) is 14.1. The fourth-order valence-electron chi connectivity index (χ4n) is 1.83. The molecule has 0 N–H and O–H groups in total. The highest BCUT2D eigenvalue weighted by atomic mass is 19.1. The van der Waals surface area contributed by atoms with E-state index in [1.807, 2.05) is 6.92 Å². The van der Waals surface area contributed by atoms with Crippen molar-refractivity contribution in [3.05, 3.63) is 35.6 Å². The molecule has 0 heterocycles. The number of Topliss-reactive ketones (excluding diaryl/α,β-unsaturated/α-hetero) is 1. The summed E-state index contributed by atoms with van der Waals surface area (Å²) in [5.41, 5.74) is 0.456. The van der Waals surface area contributed by atoms with Crippen LogP contribution in [0.4, 0.5) is 4.39 Å². The van der Waals surface area contributed by atoms with Crippen molar-refractivity contribution in [1.82, 2.24) is 4.90 Å². The minimum atomic E-state index is -0.356. The molecular formula is C15H22FNO. The van der Waals surface area contributed by atoms with Crippen molar-refractivity contribution in [1.29, 1.82) is 0 Å². The van der Waals surface area contributed by atoms with E-state index >= 15 is 0 Å². The van der Waals surface area contributed by atoms with Gasteiger partial charge in [-0.05, 0) is 24.6 Å². The number of halogens is 1. The number of rotatable bonds is 7. The molecule has 0 aromatic heterocycles. The quantitative estimate of drug-likeness (QED) is 0.692. The topological polar surface area (TPSA) is 20.3 Å². The van der Waals surface area contributed by atoms with Gasteiger partial charge in [-0.25, -0.2) is 4.39 Å². The number of hydrogen-bond donors (Lipinski definition) is 0. The van der Waals surface area contributed by atoms with Gasteiger partial charge < -0.3 is 0 Å². The molecule has 1 rings (SSSR count). The summed E-state index contributed by atoms with van der Waals surface area (Å²) < 4.78 is 13.0. The number of hydrogen-bond acceptors (Lipinski definition) is 2. The van der Waals surface area contributed by atoms with Crippen molar-refractivity contribution in [2.75, 3.05) is 19.6 Å². The molecule has 100 valence electrons. The smallest absolute Gasteiger partial charge is 0.176 e. The second kappa shape index (κ2) is 7.27. The van der Waals surface area contributed by atoms with Gasteiger partial charge in [0.25, 0.3) is 0 Å². The number of ketones is 1. The van der Waals surface area contributed by atoms with Crippen LogP contribution in [-0.2, 0) is 0 Å². The maximum absolute atomic E-state index is 13.0. The van der Waals surface area contributed by atoms with Crippen molar-refractivity contribution >= 4 is 5.78 Å². The molecule has 0 bridgehead atoms. The van der Waals surface area contributed by atoms with Gasteiger partial charge in [0.15, 0.2) is 5.78 Å². The first-order chi connectivity index (χ1) is 8.56. The lowest BCUT2D eigenvalue weighted by molar-refractivity contribution is 0.0923. The summed E-state index contributed by atoms with van der Waals surface area (Å²) >= 11 is 0. The van der Waals surface area contributed by atoms with Gasteiger partial charge >= 0.3 is 0 Å². The van der Waals surface area contributed by atoms with Gasteiger partial charge in [0, 0.05) is 12.1 Å². The molecule has 0 aliphatic carbocycles. The van der Waals surface area contributed by atoms with Gasteiger partial charge in [-0.2, -0.15) is 0 Å². The zero-order chi connectivity index (χ0) is 13.5. The summed E-state index contributed by atoms with van der Waals surface area (Å²) in [6, 6.07) is 5.91. The highest BCUT2D eigenvalue weighted by molar-refractivity contribution is 5.97. The summed E-state index contributed by atoms with van der Waals surface area (Å²) in [6.45, 7) is 8.48. The third-order valence-electron chi connectivity index (χ3n) is 3.23. The minimum absolute atomic E-state index is 0.0142. The van der Waals surface area contributed by atoms with E-state index in [1.54, 1.807) is 12.1 Å². The second-order valence-corrected chi connectivity index (χ2v) is 4.77. The molecule has 1 aromatic carbocycles. The van der Waals surface area contributed by atoms with Crippen LogP contribution >= 0.6 is 0 Å². The summed E-state index contributed by atoms with van der Waals surface area (Å²) in [6.07, 6.45) is 1.10. The Bertz CT molecular complexity index is 392. The standard InChI is InChI=1S/C15H22FNO/c1-4-12(3)10-17(5-2)11-15(18)13-7-6-8-14(16)9-13/h6-9,12H,4-5,10-11H2,1-3H3. The summed E-state index contributed by atoms with van der Waals surface area (Å²) in [5.74, 6) is 0.204. The Balaban J connectivity index is 2.62. The monoisotopic (exact) mass is 251 g/mol. The fourth-order valence-corrected chi connectivity index (χ4v) is 1.83. The zero-order valence-electron chi connectivity index (χ0n) is 11.4. The normalized spacial score (nSPS) is 12.7. The van der Waals surface area contributed by atoms with Gasteiger partial charge in [0.1, 0.15) is 5.82 Å². The number of carbonyl (C=O) groups is 1. The Kier molecular flexibility index (Phi) is 5.99. The minimum Gasteiger partial charge on any atom is -0.296 e. The molecule has 1 aromatic rings. The Morgan fingerprint density at radius 2 is 2.11 bits per heavy atom. The number of benzene rings is 1. The molecule has 3 heteroatoms. The first kappa shape index (κ1) is 14.8. The molecule has 0 saturated heterocycles. The van der Waals surface area contributed by atoms with Crippen molar-refractivity contribution in [2.24, 2.45) is 5.92 Å². The van der Waals surface area contributed by atoms with Crippen LogP contribution in [0.25, 0.3) is 0 Å². The predicted molar refractivity (Wildman–Crippen MR) is 72.3 cm³/mol. The molecule has 0 saturated carbocycles. The highest BCUT2D eigenvalue weighted by Gasteiger charge is 2.13. The van der Waals surface area contributed by atoms with Crippen molar-refractivity contribution in [2.45, 2.75) is 27.2 Å². The first-order valence-corrected chi connectivity index (χ1v) is 6.57. The maximum Gasteiger partial charge on any atom is 0.176 e. The molecule has 1 atom stereocenters. The Hall–Kier alpha value is -1.22. The number of nitrogens with zero attached hydrogens (tertiary/aromatic N) is 1. The molecule has 0 spiro atoms. The van der Waals surface area contributed by atoms with E-state index in [2.05, 4.69) is 18.7 Å². The lowest BCUT2D eigenvalue weighted by atomic mass is 10.1. The van der Waals surface area contributed by atoms with Crippen LogP contribution in [0, 0.1) is 11.7 Å². The molecule has 0 aliphatic heterocycles. The lowest BCUT2D eigenvalue weighted by Crippen LogP contribution is -2.33. The van der Waals surface area contributed by atoms with E-state index in [-0.39, 0.29) is 11.6 Å². The lowest BCUT2D eigenvalue weighted by Gasteiger charge is -2.22. The predicted octanol–water partition coefficient (Wildman–Crippen LogP) is 3.38. The molecule has 2 nitrogen and oxygen atoms in total. The maximum atomic E-state index is 13.0. The average molecular weight is 251 g/mol. The largest absolute Gasteiger partial charge is 0.296 e. The van der Waals surface area contributed by atoms with Crippen LogP contribution in [0.2, 0.25) is 0 Å². The Morgan fingerprint density at radius 1 is 1.39 bits per heavy atom. The molecule has 0 radical (unpaired) electrons. The second-order valence-electron chi connectivity index (χ2n) is 4.77. The van der Waals surface area contributed by atoms with Crippen molar-refractivity contribution < 1.29 is 9.18 Å². The van der Waals surface area contributed by atoms with Crippen LogP contribution in [-0.4, -0.2) is 30.3 Å². The number of likely N-dealkylation sites (N-methyl/N-ethyl adjacent to an activating group) is 1. The van der Waals surface area contributed by atoms with Crippen molar-refractivity contribution in [3.63, 3.8) is 0 Å². The third-order valence-corrected chi connectivity index (χ3v) is 3.23. The molecule has 0 fully saturated rings. The van der Waals surface area contributed by atoms with E-state index in [0.29, 0.717) is 18.0 Å². The van der Waals surface area contributed by atoms with E-state index in [4.69, 9.17) is 0 Å². The van der Waals surface area contributed by atoms with Crippen LogP contribution in [0.1, 0.15) is 37.6 Å². The van der Waals surface area contributed by atoms with Crippen LogP contribution < -0.4 is 0 Å². The summed E-state index contributed by atoms with van der Waals surface area (Å²) in [7, 11) is 0. The highest BCUT2D eigenvalue weighted by Crippen LogP contribution is 2.08. The van der Waals surface area contributed by atoms with Gasteiger partial charge in [0.2, 0.25) is 0 Å². The van der Waals surface area contributed by atoms with E-state index < -0.39 is 0 Å². The fraction of sp³-hybridized carbons (Fsp3) is 0.533. The van der Waals surface area contributed by atoms with Crippen molar-refractivity contribution in [3.8, 4) is 0 Å². The number of carbonyl (C=O) groups excluding carboxylic acids is 1. The van der Waals surface area contributed by atoms with E-state index in [1.165, 1.54) is 12.1 Å². The van der Waals surface area contributed by atoms with Crippen LogP contribution in [0.5, 0.6) is 0 Å². The summed E-state index contributed by atoms with van der Waals surface area (Å²) in [5, 5.41) is 0. The third kappa shape index (κ3) is 4.57. The Labute approximate surface area is 109 Å².